The maximum atomic E-state index is 9.92. The van der Waals surface area contributed by atoms with Crippen molar-refractivity contribution in [3.05, 3.63) is 0 Å². The fraction of sp³-hybridized carbons (Fsp3) is 0.667. The third-order valence-corrected chi connectivity index (χ3v) is 0.862. The van der Waals surface area contributed by atoms with Gasteiger partial charge in [-0.05, 0) is 0 Å². The van der Waals surface area contributed by atoms with Gasteiger partial charge in [0.15, 0.2) is 0 Å². The summed E-state index contributed by atoms with van der Waals surface area (Å²) >= 11 is 2.92. The predicted molar refractivity (Wildman–Crippen MR) is 30.7 cm³/mol. The molecule has 0 heterocycles. The van der Waals surface area contributed by atoms with Gasteiger partial charge in [0.25, 0.3) is 0 Å². The molecule has 0 aromatic rings. The van der Waals surface area contributed by atoms with E-state index in [-0.39, 0.29) is 5.91 Å². The van der Waals surface area contributed by atoms with E-state index in [1.165, 1.54) is 0 Å². The molecule has 0 spiro atoms. The van der Waals surface area contributed by atoms with Gasteiger partial charge in [-0.2, -0.15) is 0 Å². The van der Waals surface area contributed by atoms with Crippen molar-refractivity contribution in [1.29, 1.82) is 0 Å². The van der Waals surface area contributed by atoms with Gasteiger partial charge in [0.2, 0.25) is 5.91 Å². The maximum Gasteiger partial charge on any atom is 0.218 e. The lowest BCUT2D eigenvalue weighted by Gasteiger charge is -1.88. The number of nitrogens with one attached hydrogen (secondary N) is 1. The standard InChI is InChI=1S/C3H7BrN2O/c4-6-2-1-3(5)7/h6H,1-2H2,(H2,5,7). The lowest BCUT2D eigenvalue weighted by molar-refractivity contribution is -0.117. The second-order valence-electron chi connectivity index (χ2n) is 1.10. The van der Waals surface area contributed by atoms with Crippen LogP contribution in [-0.4, -0.2) is 12.5 Å². The van der Waals surface area contributed by atoms with E-state index in [9.17, 15) is 4.79 Å². The van der Waals surface area contributed by atoms with Gasteiger partial charge in [-0.25, -0.2) is 0 Å². The number of carbonyl (C=O) groups excluding carboxylic acids is 1. The summed E-state index contributed by atoms with van der Waals surface area (Å²) < 4.78 is 2.61. The first-order chi connectivity index (χ1) is 3.27. The molecular formula is C3H7BrN2O. The Morgan fingerprint density at radius 1 is 1.86 bits per heavy atom. The van der Waals surface area contributed by atoms with E-state index in [4.69, 9.17) is 5.73 Å². The van der Waals surface area contributed by atoms with Crippen LogP contribution in [0.2, 0.25) is 0 Å². The van der Waals surface area contributed by atoms with E-state index in [0.29, 0.717) is 13.0 Å². The van der Waals surface area contributed by atoms with E-state index in [0.717, 1.165) is 0 Å². The molecule has 42 valence electrons. The Hall–Kier alpha value is -0.0900. The van der Waals surface area contributed by atoms with Crippen molar-refractivity contribution in [2.45, 2.75) is 6.42 Å². The summed E-state index contributed by atoms with van der Waals surface area (Å²) in [5.74, 6) is -0.285. The zero-order valence-corrected chi connectivity index (χ0v) is 5.36. The molecule has 0 aromatic heterocycles. The van der Waals surface area contributed by atoms with Crippen LogP contribution in [0.5, 0.6) is 0 Å². The highest BCUT2D eigenvalue weighted by atomic mass is 79.9. The number of carbonyl (C=O) groups is 1. The monoisotopic (exact) mass is 166 g/mol. The minimum absolute atomic E-state index is 0.285. The Morgan fingerprint density at radius 2 is 2.43 bits per heavy atom. The third kappa shape index (κ3) is 5.91. The van der Waals surface area contributed by atoms with Gasteiger partial charge in [0.1, 0.15) is 0 Å². The van der Waals surface area contributed by atoms with Crippen LogP contribution in [0.1, 0.15) is 6.42 Å². The highest BCUT2D eigenvalue weighted by Gasteiger charge is 1.88. The zero-order chi connectivity index (χ0) is 5.70. The summed E-state index contributed by atoms with van der Waals surface area (Å²) in [5, 5.41) is 0. The van der Waals surface area contributed by atoms with Crippen molar-refractivity contribution in [2.24, 2.45) is 5.73 Å². The number of hydrogen-bond donors (Lipinski definition) is 2. The van der Waals surface area contributed by atoms with E-state index in [1.807, 2.05) is 0 Å². The van der Waals surface area contributed by atoms with Crippen LogP contribution in [0.25, 0.3) is 0 Å². The Bertz CT molecular complexity index is 66.0. The number of amides is 1. The molecule has 0 aromatic carbocycles. The number of halogens is 1. The third-order valence-electron chi connectivity index (χ3n) is 0.466. The van der Waals surface area contributed by atoms with Crippen molar-refractivity contribution in [3.63, 3.8) is 0 Å². The fourth-order valence-electron chi connectivity index (χ4n) is 0.170. The van der Waals surface area contributed by atoms with Gasteiger partial charge in [0.05, 0.1) is 0 Å². The average Bonchev–Trinajstić information content (AvgIpc) is 1.61. The molecular weight excluding hydrogens is 160 g/mol. The number of rotatable bonds is 3. The lowest BCUT2D eigenvalue weighted by atomic mass is 10.4. The van der Waals surface area contributed by atoms with Crippen LogP contribution in [-0.2, 0) is 4.79 Å². The van der Waals surface area contributed by atoms with Crippen LogP contribution < -0.4 is 10.1 Å². The molecule has 0 atom stereocenters. The normalized spacial score (nSPS) is 8.71. The summed E-state index contributed by atoms with van der Waals surface area (Å²) in [4.78, 5) is 9.92. The molecule has 0 rings (SSSR count). The summed E-state index contributed by atoms with van der Waals surface area (Å²) in [5.41, 5.74) is 4.78. The second kappa shape index (κ2) is 4.08. The molecule has 0 saturated carbocycles. The number of nitrogens with two attached hydrogens (primary N) is 1. The van der Waals surface area contributed by atoms with E-state index < -0.39 is 0 Å². The first kappa shape index (κ1) is 6.91. The summed E-state index contributed by atoms with van der Waals surface area (Å²) in [7, 11) is 0. The molecule has 3 nitrogen and oxygen atoms in total. The SMILES string of the molecule is NC(=O)CCNBr. The van der Waals surface area contributed by atoms with Gasteiger partial charge in [-0.3, -0.25) is 9.14 Å². The van der Waals surface area contributed by atoms with Gasteiger partial charge in [-0.15, -0.1) is 0 Å². The molecule has 0 aliphatic heterocycles. The highest BCUT2D eigenvalue weighted by molar-refractivity contribution is 9.08. The molecule has 3 N–H and O–H groups in total. The van der Waals surface area contributed by atoms with Crippen molar-refractivity contribution in [3.8, 4) is 0 Å². The maximum absolute atomic E-state index is 9.92. The van der Waals surface area contributed by atoms with Crippen LogP contribution in [0, 0.1) is 0 Å². The van der Waals surface area contributed by atoms with Gasteiger partial charge >= 0.3 is 0 Å². The molecule has 1 amide bonds. The molecule has 0 radical (unpaired) electrons. The van der Waals surface area contributed by atoms with Crippen molar-refractivity contribution in [1.82, 2.24) is 4.34 Å². The first-order valence-electron chi connectivity index (χ1n) is 1.89. The highest BCUT2D eigenvalue weighted by Crippen LogP contribution is 1.73. The molecule has 4 heteroatoms. The van der Waals surface area contributed by atoms with Gasteiger partial charge in [-0.1, -0.05) is 0 Å². The van der Waals surface area contributed by atoms with Gasteiger partial charge in [0, 0.05) is 29.1 Å². The summed E-state index contributed by atoms with van der Waals surface area (Å²) in [6, 6.07) is 0. The van der Waals surface area contributed by atoms with Crippen molar-refractivity contribution in [2.75, 3.05) is 6.54 Å². The van der Waals surface area contributed by atoms with E-state index in [2.05, 4.69) is 20.5 Å². The Morgan fingerprint density at radius 3 is 2.57 bits per heavy atom. The fourth-order valence-corrected chi connectivity index (χ4v) is 0.369. The number of hydrogen-bond acceptors (Lipinski definition) is 2. The second-order valence-corrected chi connectivity index (χ2v) is 1.66. The van der Waals surface area contributed by atoms with Crippen molar-refractivity contribution < 1.29 is 4.79 Å². The van der Waals surface area contributed by atoms with Crippen LogP contribution in [0.15, 0.2) is 0 Å². The average molecular weight is 167 g/mol. The van der Waals surface area contributed by atoms with Gasteiger partial charge < -0.3 is 5.73 Å². The van der Waals surface area contributed by atoms with Crippen LogP contribution in [0.4, 0.5) is 0 Å². The molecule has 0 unspecified atom stereocenters. The van der Waals surface area contributed by atoms with Crippen molar-refractivity contribution >= 4 is 22.1 Å². The summed E-state index contributed by atoms with van der Waals surface area (Å²) in [6.07, 6.45) is 0.380. The Labute approximate surface area is 50.6 Å². The number of primary amides is 1. The molecule has 0 bridgehead atoms. The zero-order valence-electron chi connectivity index (χ0n) is 3.78. The smallest absolute Gasteiger partial charge is 0.218 e. The minimum Gasteiger partial charge on any atom is -0.370 e. The minimum atomic E-state index is -0.285. The molecule has 0 saturated heterocycles. The molecule has 7 heavy (non-hydrogen) atoms. The van der Waals surface area contributed by atoms with Crippen LogP contribution in [0.3, 0.4) is 0 Å². The largest absolute Gasteiger partial charge is 0.370 e. The Kier molecular flexibility index (Phi) is 4.03. The summed E-state index contributed by atoms with van der Waals surface area (Å²) in [6.45, 7) is 0.593. The van der Waals surface area contributed by atoms with E-state index in [1.54, 1.807) is 0 Å². The predicted octanol–water partition coefficient (Wildman–Crippen LogP) is -0.239. The van der Waals surface area contributed by atoms with Crippen LogP contribution >= 0.6 is 16.1 Å². The molecule has 0 fully saturated rings. The lowest BCUT2D eigenvalue weighted by Crippen LogP contribution is -2.15. The van der Waals surface area contributed by atoms with E-state index >= 15 is 0 Å². The molecule has 0 aliphatic carbocycles. The topological polar surface area (TPSA) is 55.1 Å². The molecule has 0 aliphatic rings. The Balaban J connectivity index is 2.82. The quantitative estimate of drug-likeness (QED) is 0.570. The first-order valence-corrected chi connectivity index (χ1v) is 2.68.